The van der Waals surface area contributed by atoms with Crippen LogP contribution in [0, 0.1) is 25.5 Å². The van der Waals surface area contributed by atoms with Crippen molar-refractivity contribution in [2.45, 2.75) is 33.2 Å². The van der Waals surface area contributed by atoms with Crippen molar-refractivity contribution in [1.29, 1.82) is 0 Å². The van der Waals surface area contributed by atoms with Gasteiger partial charge in [-0.25, -0.2) is 8.78 Å². The molecule has 0 aliphatic carbocycles. The molecule has 29 heavy (non-hydrogen) atoms. The molecule has 2 aromatic heterocycles. The number of hydrogen-bond donors (Lipinski definition) is 1. The summed E-state index contributed by atoms with van der Waals surface area (Å²) in [5.74, 6) is 0.433. The highest BCUT2D eigenvalue weighted by atomic mass is 19.1. The van der Waals surface area contributed by atoms with E-state index in [0.717, 1.165) is 16.5 Å². The summed E-state index contributed by atoms with van der Waals surface area (Å²) < 4.78 is 34.1. The second kappa shape index (κ2) is 5.65. The fraction of sp³-hybridized carbons (Fsp3) is 0.273. The molecule has 0 unspecified atom stereocenters. The van der Waals surface area contributed by atoms with E-state index in [1.807, 2.05) is 50.7 Å². The minimum atomic E-state index is -0.500. The van der Waals surface area contributed by atoms with E-state index in [-0.39, 0.29) is 0 Å². The molecule has 0 fully saturated rings. The van der Waals surface area contributed by atoms with Crippen molar-refractivity contribution < 1.29 is 8.78 Å². The van der Waals surface area contributed by atoms with Crippen LogP contribution >= 0.6 is 0 Å². The lowest BCUT2D eigenvalue weighted by atomic mass is 9.92. The van der Waals surface area contributed by atoms with Crippen molar-refractivity contribution in [3.8, 4) is 16.8 Å². The number of halogens is 2. The van der Waals surface area contributed by atoms with E-state index in [1.54, 1.807) is 11.5 Å². The van der Waals surface area contributed by atoms with Gasteiger partial charge in [-0.05, 0) is 63.1 Å². The zero-order chi connectivity index (χ0) is 20.7. The molecule has 0 amide bonds. The van der Waals surface area contributed by atoms with E-state index in [1.165, 1.54) is 12.1 Å². The number of benzene rings is 2. The second-order valence-electron chi connectivity index (χ2n) is 8.25. The Balaban J connectivity index is 1.88. The number of aromatic nitrogens is 4. The van der Waals surface area contributed by atoms with Gasteiger partial charge >= 0.3 is 0 Å². The lowest BCUT2D eigenvalue weighted by molar-refractivity contribution is 0.522. The smallest absolute Gasteiger partial charge is 0.162 e. The van der Waals surface area contributed by atoms with Gasteiger partial charge in [-0.2, -0.15) is 0 Å². The van der Waals surface area contributed by atoms with Crippen molar-refractivity contribution in [2.75, 3.05) is 5.32 Å². The van der Waals surface area contributed by atoms with Crippen LogP contribution in [-0.4, -0.2) is 19.3 Å². The first-order valence-electron chi connectivity index (χ1n) is 9.48. The van der Waals surface area contributed by atoms with Gasteiger partial charge in [0.1, 0.15) is 17.3 Å². The first kappa shape index (κ1) is 17.8. The average molecular weight is 393 g/mol. The summed E-state index contributed by atoms with van der Waals surface area (Å²) in [6, 6.07) is 6.67. The highest BCUT2D eigenvalue weighted by Gasteiger charge is 2.37. The van der Waals surface area contributed by atoms with E-state index >= 15 is 4.39 Å². The van der Waals surface area contributed by atoms with Crippen LogP contribution in [0.1, 0.15) is 31.1 Å². The van der Waals surface area contributed by atoms with Gasteiger partial charge < -0.3 is 9.88 Å². The molecule has 148 valence electrons. The molecular formula is C22H21F2N5. The number of nitrogens with one attached hydrogen (secondary N) is 1. The molecule has 0 saturated heterocycles. The summed E-state index contributed by atoms with van der Waals surface area (Å²) in [7, 11) is 1.85. The molecule has 1 aliphatic heterocycles. The Bertz CT molecular complexity index is 1310. The third kappa shape index (κ3) is 2.36. The van der Waals surface area contributed by atoms with Gasteiger partial charge in [0.05, 0.1) is 16.7 Å². The van der Waals surface area contributed by atoms with Gasteiger partial charge in [0, 0.05) is 24.2 Å². The standard InChI is InChI=1S/C22H21F2N5/c1-11-8-16-20(29-12(2)26-27-21(29)22(3,4)25-16)19(24)18(11)15-9-13(23)10-17-14(15)6-7-28(17)5/h6-10,25H,1-5H3. The van der Waals surface area contributed by atoms with Crippen LogP contribution in [-0.2, 0) is 12.6 Å². The van der Waals surface area contributed by atoms with Crippen LogP contribution < -0.4 is 5.32 Å². The van der Waals surface area contributed by atoms with E-state index in [2.05, 4.69) is 15.5 Å². The van der Waals surface area contributed by atoms with E-state index in [0.29, 0.717) is 34.2 Å². The molecule has 1 aliphatic rings. The molecule has 7 heteroatoms. The van der Waals surface area contributed by atoms with Crippen molar-refractivity contribution in [3.05, 3.63) is 59.3 Å². The Hall–Kier alpha value is -3.22. The highest BCUT2D eigenvalue weighted by molar-refractivity contribution is 5.97. The normalized spacial score (nSPS) is 14.6. The number of aryl methyl sites for hydroxylation is 3. The highest BCUT2D eigenvalue weighted by Crippen LogP contribution is 2.44. The molecular weight excluding hydrogens is 372 g/mol. The first-order valence-corrected chi connectivity index (χ1v) is 9.48. The maximum absolute atomic E-state index is 16.1. The first-order chi connectivity index (χ1) is 13.7. The summed E-state index contributed by atoms with van der Waals surface area (Å²) >= 11 is 0. The minimum Gasteiger partial charge on any atom is -0.371 e. The lowest BCUT2D eigenvalue weighted by Crippen LogP contribution is -2.36. The van der Waals surface area contributed by atoms with Crippen LogP contribution in [0.15, 0.2) is 30.5 Å². The number of nitrogens with zero attached hydrogens (tertiary/aromatic N) is 4. The SMILES string of the molecule is Cc1cc2c(c(F)c1-c1cc(F)cc3c1ccn3C)-n1c(C)nnc1C(C)(C)N2. The van der Waals surface area contributed by atoms with Crippen LogP contribution in [0.2, 0.25) is 0 Å². The maximum Gasteiger partial charge on any atom is 0.162 e. The van der Waals surface area contributed by atoms with Gasteiger partial charge in [-0.3, -0.25) is 4.57 Å². The molecule has 4 aromatic rings. The third-order valence-electron chi connectivity index (χ3n) is 5.73. The van der Waals surface area contributed by atoms with Gasteiger partial charge in [0.15, 0.2) is 11.6 Å². The van der Waals surface area contributed by atoms with Crippen LogP contribution in [0.4, 0.5) is 14.5 Å². The quantitative estimate of drug-likeness (QED) is 0.496. The Morgan fingerprint density at radius 2 is 1.83 bits per heavy atom. The fourth-order valence-corrected chi connectivity index (χ4v) is 4.38. The lowest BCUT2D eigenvalue weighted by Gasteiger charge is -2.34. The Morgan fingerprint density at radius 1 is 1.07 bits per heavy atom. The summed E-state index contributed by atoms with van der Waals surface area (Å²) in [4.78, 5) is 0. The Morgan fingerprint density at radius 3 is 2.59 bits per heavy atom. The number of hydrogen-bond acceptors (Lipinski definition) is 3. The molecule has 0 bridgehead atoms. The molecule has 0 atom stereocenters. The molecule has 0 radical (unpaired) electrons. The number of fused-ring (bicyclic) bond motifs is 4. The van der Waals surface area contributed by atoms with E-state index in [9.17, 15) is 4.39 Å². The predicted molar refractivity (Wildman–Crippen MR) is 109 cm³/mol. The maximum atomic E-state index is 16.1. The van der Waals surface area contributed by atoms with Gasteiger partial charge in [-0.1, -0.05) is 0 Å². The van der Waals surface area contributed by atoms with Crippen LogP contribution in [0.25, 0.3) is 27.7 Å². The van der Waals surface area contributed by atoms with Crippen LogP contribution in [0.5, 0.6) is 0 Å². The molecule has 2 aromatic carbocycles. The Labute approximate surface area is 167 Å². The molecule has 0 saturated carbocycles. The summed E-state index contributed by atoms with van der Waals surface area (Å²) in [6.45, 7) is 7.62. The van der Waals surface area contributed by atoms with Crippen LogP contribution in [0.3, 0.4) is 0 Å². The molecule has 5 rings (SSSR count). The van der Waals surface area contributed by atoms with Gasteiger partial charge in [0.2, 0.25) is 0 Å². The average Bonchev–Trinajstić information content (AvgIpc) is 3.19. The second-order valence-corrected chi connectivity index (χ2v) is 8.25. The summed E-state index contributed by atoms with van der Waals surface area (Å²) in [5, 5.41) is 12.6. The van der Waals surface area contributed by atoms with Crippen molar-refractivity contribution >= 4 is 16.6 Å². The third-order valence-corrected chi connectivity index (χ3v) is 5.73. The zero-order valence-corrected chi connectivity index (χ0v) is 16.9. The van der Waals surface area contributed by atoms with E-state index in [4.69, 9.17) is 0 Å². The Kier molecular flexibility index (Phi) is 3.48. The summed E-state index contributed by atoms with van der Waals surface area (Å²) in [6.07, 6.45) is 1.85. The zero-order valence-electron chi connectivity index (χ0n) is 16.9. The predicted octanol–water partition coefficient (Wildman–Crippen LogP) is 4.98. The van der Waals surface area contributed by atoms with Gasteiger partial charge in [0.25, 0.3) is 0 Å². The molecule has 0 spiro atoms. The number of rotatable bonds is 1. The number of anilines is 1. The van der Waals surface area contributed by atoms with E-state index < -0.39 is 17.2 Å². The van der Waals surface area contributed by atoms with Crippen molar-refractivity contribution in [3.63, 3.8) is 0 Å². The molecule has 3 heterocycles. The van der Waals surface area contributed by atoms with Crippen molar-refractivity contribution in [2.24, 2.45) is 7.05 Å². The monoisotopic (exact) mass is 393 g/mol. The minimum absolute atomic E-state index is 0.371. The van der Waals surface area contributed by atoms with Gasteiger partial charge in [-0.15, -0.1) is 10.2 Å². The van der Waals surface area contributed by atoms with Crippen molar-refractivity contribution in [1.82, 2.24) is 19.3 Å². The fourth-order valence-electron chi connectivity index (χ4n) is 4.38. The summed E-state index contributed by atoms with van der Waals surface area (Å²) in [5.41, 5.74) is 2.92. The topological polar surface area (TPSA) is 47.7 Å². The molecule has 5 nitrogen and oxygen atoms in total. The largest absolute Gasteiger partial charge is 0.371 e. The molecule has 1 N–H and O–H groups in total.